The molecule has 0 unspecified atom stereocenters. The zero-order valence-electron chi connectivity index (χ0n) is 31.4. The van der Waals surface area contributed by atoms with Crippen molar-refractivity contribution in [3.63, 3.8) is 0 Å². The molecule has 10 rings (SSSR count). The molecule has 0 fully saturated rings. The summed E-state index contributed by atoms with van der Waals surface area (Å²) in [4.78, 5) is 19.7. The van der Waals surface area contributed by atoms with Gasteiger partial charge in [-0.3, -0.25) is 19.1 Å². The highest BCUT2D eigenvalue weighted by Gasteiger charge is 2.17. The van der Waals surface area contributed by atoms with Crippen molar-refractivity contribution >= 4 is 66.5 Å². The molecule has 4 aromatic carbocycles. The quantitative estimate of drug-likeness (QED) is 0.142. The Kier molecular flexibility index (Phi) is 10.5. The van der Waals surface area contributed by atoms with Gasteiger partial charge >= 0.3 is 0 Å². The average Bonchev–Trinajstić information content (AvgIpc) is 4.10. The maximum absolute atomic E-state index is 14.7. The zero-order chi connectivity index (χ0) is 39.6. The maximum Gasteiger partial charge on any atom is 0.134 e. The summed E-state index contributed by atoms with van der Waals surface area (Å²) >= 11 is 3.05. The van der Waals surface area contributed by atoms with Crippen LogP contribution in [0.4, 0.5) is 8.78 Å². The van der Waals surface area contributed by atoms with E-state index in [4.69, 9.17) is 11.5 Å². The lowest BCUT2D eigenvalue weighted by molar-refractivity contribution is 0.633. The van der Waals surface area contributed by atoms with E-state index in [2.05, 4.69) is 68.5 Å². The van der Waals surface area contributed by atoms with Gasteiger partial charge in [-0.15, -0.1) is 22.7 Å². The summed E-state index contributed by atoms with van der Waals surface area (Å²) in [6.07, 6.45) is 10.9. The highest BCUT2D eigenvalue weighted by molar-refractivity contribution is 7.13. The maximum atomic E-state index is 14.7. The first kappa shape index (κ1) is 37.4. The van der Waals surface area contributed by atoms with Crippen LogP contribution in [0.3, 0.4) is 0 Å². The summed E-state index contributed by atoms with van der Waals surface area (Å²) in [6, 6.07) is 31.4. The molecule has 8 nitrogen and oxygen atoms in total. The Bertz CT molecular complexity index is 2790. The molecule has 6 aromatic heterocycles. The van der Waals surface area contributed by atoms with Crippen molar-refractivity contribution in [2.24, 2.45) is 11.5 Å². The van der Waals surface area contributed by atoms with Crippen LogP contribution in [0.1, 0.15) is 24.0 Å². The van der Waals surface area contributed by atoms with Gasteiger partial charge in [0.05, 0.1) is 34.5 Å². The molecular weight excluding hydrogens is 767 g/mol. The number of nitrogens with two attached hydrogens (primary N) is 2. The molecule has 0 aliphatic rings. The van der Waals surface area contributed by atoms with Gasteiger partial charge < -0.3 is 11.5 Å². The van der Waals surface area contributed by atoms with E-state index in [1.54, 1.807) is 25.0 Å². The number of fused-ring (bicyclic) bond motifs is 6. The van der Waals surface area contributed by atoms with Gasteiger partial charge in [0.2, 0.25) is 0 Å². The molecule has 0 aliphatic carbocycles. The molecular formula is C46H38F2N8S2. The molecule has 0 spiro atoms. The molecule has 0 amide bonds. The summed E-state index contributed by atoms with van der Waals surface area (Å²) < 4.78 is 33.5. The van der Waals surface area contributed by atoms with Gasteiger partial charge in [0, 0.05) is 55.2 Å². The number of pyridine rings is 2. The lowest BCUT2D eigenvalue weighted by Crippen LogP contribution is -2.00. The van der Waals surface area contributed by atoms with Crippen molar-refractivity contribution in [3.05, 3.63) is 156 Å². The highest BCUT2D eigenvalue weighted by atomic mass is 32.1. The third-order valence-corrected chi connectivity index (χ3v) is 12.1. The Morgan fingerprint density at radius 2 is 0.948 bits per heavy atom. The van der Waals surface area contributed by atoms with Crippen LogP contribution >= 0.6 is 22.7 Å². The van der Waals surface area contributed by atoms with Crippen molar-refractivity contribution in [2.75, 3.05) is 13.1 Å². The SMILES string of the molecule is NCCCc1ccc(-n2cnc3cnc4cc(F)c(-c5cccs5)cc4c32)cc1.NCCCc1ccc(-n2cnc3cnc4cc(F)c(-c5cccs5)cc4c32)cc1. The molecule has 0 radical (unpaired) electrons. The fraction of sp³-hybridized carbons (Fsp3) is 0.130. The number of halogens is 2. The van der Waals surface area contributed by atoms with Crippen LogP contribution in [0.2, 0.25) is 0 Å². The lowest BCUT2D eigenvalue weighted by Gasteiger charge is -2.09. The number of aryl methyl sites for hydroxylation is 2. The monoisotopic (exact) mass is 804 g/mol. The summed E-state index contributed by atoms with van der Waals surface area (Å²) in [5, 5.41) is 5.68. The highest BCUT2D eigenvalue weighted by Crippen LogP contribution is 2.35. The Hall–Kier alpha value is -6.18. The van der Waals surface area contributed by atoms with E-state index in [1.807, 2.05) is 56.3 Å². The van der Waals surface area contributed by atoms with Gasteiger partial charge in [0.15, 0.2) is 0 Å². The summed E-state index contributed by atoms with van der Waals surface area (Å²) in [6.45, 7) is 1.38. The standard InChI is InChI=1S/2C23H19FN4S/c2*24-19-12-20-18(11-17(19)22-4-2-10-29-22)23-21(13-26-20)27-14-28(23)16-7-5-15(6-8-16)3-1-9-25/h2*2,4-8,10-14H,1,3,9,25H2. The van der Waals surface area contributed by atoms with E-state index < -0.39 is 0 Å². The number of imidazole rings is 2. The van der Waals surface area contributed by atoms with Gasteiger partial charge in [-0.25, -0.2) is 18.7 Å². The van der Waals surface area contributed by atoms with E-state index in [1.165, 1.54) is 45.9 Å². The minimum absolute atomic E-state index is 0.262. The Labute approximate surface area is 341 Å². The van der Waals surface area contributed by atoms with Crippen LogP contribution in [-0.2, 0) is 12.8 Å². The fourth-order valence-corrected chi connectivity index (χ4v) is 8.81. The Morgan fingerprint density at radius 1 is 0.517 bits per heavy atom. The number of hydrogen-bond acceptors (Lipinski definition) is 8. The van der Waals surface area contributed by atoms with Gasteiger partial charge in [-0.1, -0.05) is 36.4 Å². The minimum Gasteiger partial charge on any atom is -0.330 e. The number of nitrogens with zero attached hydrogens (tertiary/aromatic N) is 6. The van der Waals surface area contributed by atoms with Gasteiger partial charge in [0.1, 0.15) is 35.3 Å². The second kappa shape index (κ2) is 16.4. The van der Waals surface area contributed by atoms with E-state index in [-0.39, 0.29) is 11.6 Å². The molecule has 10 aromatic rings. The normalized spacial score (nSPS) is 11.5. The minimum atomic E-state index is -0.262. The van der Waals surface area contributed by atoms with Crippen molar-refractivity contribution in [3.8, 4) is 32.3 Å². The van der Waals surface area contributed by atoms with Crippen LogP contribution in [0.15, 0.2) is 133 Å². The van der Waals surface area contributed by atoms with Crippen LogP contribution in [-0.4, -0.2) is 42.2 Å². The second-order valence-electron chi connectivity index (χ2n) is 14.0. The van der Waals surface area contributed by atoms with Crippen LogP contribution in [0.5, 0.6) is 0 Å². The Balaban J connectivity index is 0.000000150. The molecule has 288 valence electrons. The molecule has 12 heteroatoms. The molecule has 0 saturated heterocycles. The fourth-order valence-electron chi connectivity index (χ4n) is 7.32. The molecule has 0 saturated carbocycles. The first-order valence-electron chi connectivity index (χ1n) is 19.1. The van der Waals surface area contributed by atoms with Crippen molar-refractivity contribution in [2.45, 2.75) is 25.7 Å². The number of thiophene rings is 2. The summed E-state index contributed by atoms with van der Waals surface area (Å²) in [7, 11) is 0. The first-order chi connectivity index (χ1) is 28.5. The molecule has 4 N–H and O–H groups in total. The smallest absolute Gasteiger partial charge is 0.134 e. The summed E-state index contributed by atoms with van der Waals surface area (Å²) in [5.41, 5.74) is 21.6. The van der Waals surface area contributed by atoms with Gasteiger partial charge in [-0.2, -0.15) is 0 Å². The number of hydrogen-bond donors (Lipinski definition) is 2. The largest absolute Gasteiger partial charge is 0.330 e. The number of aromatic nitrogens is 6. The number of benzene rings is 4. The Morgan fingerprint density at radius 3 is 1.33 bits per heavy atom. The van der Waals surface area contributed by atoms with E-state index >= 15 is 0 Å². The lowest BCUT2D eigenvalue weighted by atomic mass is 10.1. The van der Waals surface area contributed by atoms with Crippen LogP contribution in [0, 0.1) is 11.6 Å². The zero-order valence-corrected chi connectivity index (χ0v) is 33.0. The molecule has 0 aliphatic heterocycles. The molecule has 6 heterocycles. The predicted molar refractivity (Wildman–Crippen MR) is 234 cm³/mol. The van der Waals surface area contributed by atoms with E-state index in [0.717, 1.165) is 79.7 Å². The average molecular weight is 805 g/mol. The van der Waals surface area contributed by atoms with Crippen molar-refractivity contribution in [1.82, 2.24) is 29.1 Å². The van der Waals surface area contributed by atoms with E-state index in [0.29, 0.717) is 35.2 Å². The first-order valence-corrected chi connectivity index (χ1v) is 20.8. The van der Waals surface area contributed by atoms with Crippen molar-refractivity contribution < 1.29 is 8.78 Å². The van der Waals surface area contributed by atoms with Crippen LogP contribution < -0.4 is 11.5 Å². The molecule has 58 heavy (non-hydrogen) atoms. The van der Waals surface area contributed by atoms with Crippen LogP contribution in [0.25, 0.3) is 76.1 Å². The molecule has 0 bridgehead atoms. The predicted octanol–water partition coefficient (Wildman–Crippen LogP) is 10.7. The molecule has 0 atom stereocenters. The summed E-state index contributed by atoms with van der Waals surface area (Å²) in [5.74, 6) is -0.524. The number of rotatable bonds is 10. The third-order valence-electron chi connectivity index (χ3n) is 10.3. The van der Waals surface area contributed by atoms with Gasteiger partial charge in [0.25, 0.3) is 0 Å². The second-order valence-corrected chi connectivity index (χ2v) is 15.9. The third kappa shape index (κ3) is 7.27. The topological polar surface area (TPSA) is 113 Å². The van der Waals surface area contributed by atoms with Gasteiger partial charge in [-0.05, 0) is 109 Å². The van der Waals surface area contributed by atoms with E-state index in [9.17, 15) is 8.78 Å². The van der Waals surface area contributed by atoms with Crippen molar-refractivity contribution in [1.29, 1.82) is 0 Å².